The Labute approximate surface area is 305 Å². The monoisotopic (exact) mass is 712 g/mol. The number of carbonyl (C=O) groups is 2. The van der Waals surface area contributed by atoms with E-state index in [1.54, 1.807) is 13.0 Å². The first-order chi connectivity index (χ1) is 24.5. The van der Waals surface area contributed by atoms with Gasteiger partial charge in [-0.1, -0.05) is 42.8 Å². The number of fused-ring (bicyclic) bond motifs is 2. The van der Waals surface area contributed by atoms with E-state index in [4.69, 9.17) is 21.6 Å². The smallest absolute Gasteiger partial charge is 0.291 e. The first-order valence-corrected chi connectivity index (χ1v) is 18.6. The fourth-order valence-corrected chi connectivity index (χ4v) is 8.52. The number of rotatable bonds is 8. The van der Waals surface area contributed by atoms with E-state index in [0.717, 1.165) is 77.9 Å². The fourth-order valence-electron chi connectivity index (χ4n) is 8.24. The molecule has 0 unspecified atom stereocenters. The van der Waals surface area contributed by atoms with Gasteiger partial charge in [-0.25, -0.2) is 9.97 Å². The predicted octanol–water partition coefficient (Wildman–Crippen LogP) is 5.96. The average molecular weight is 713 g/mol. The molecule has 2 aliphatic heterocycles. The normalized spacial score (nSPS) is 20.1. The van der Waals surface area contributed by atoms with Crippen molar-refractivity contribution >= 4 is 34.8 Å². The maximum Gasteiger partial charge on any atom is 0.291 e. The van der Waals surface area contributed by atoms with Crippen molar-refractivity contribution in [3.8, 4) is 11.1 Å². The molecule has 3 N–H and O–H groups in total. The summed E-state index contributed by atoms with van der Waals surface area (Å²) in [6, 6.07) is 11.9. The molecule has 4 aromatic rings. The number of hydrogen-bond acceptors (Lipinski definition) is 7. The second kappa shape index (κ2) is 14.5. The third-order valence-electron chi connectivity index (χ3n) is 11.2. The van der Waals surface area contributed by atoms with Crippen LogP contribution in [0.25, 0.3) is 11.1 Å². The number of nitrogens with zero attached hydrogens (tertiary/aromatic N) is 6. The summed E-state index contributed by atoms with van der Waals surface area (Å²) in [5.74, 6) is 0.944. The maximum absolute atomic E-state index is 13.7. The van der Waals surface area contributed by atoms with E-state index < -0.39 is 6.10 Å². The van der Waals surface area contributed by atoms with E-state index in [2.05, 4.69) is 27.4 Å². The van der Waals surface area contributed by atoms with Crippen molar-refractivity contribution in [2.24, 2.45) is 20.0 Å². The molecule has 11 nitrogen and oxygen atoms in total. The van der Waals surface area contributed by atoms with E-state index in [9.17, 15) is 14.7 Å². The molecular formula is C39H49ClN8O3. The summed E-state index contributed by atoms with van der Waals surface area (Å²) in [4.78, 5) is 41.5. The van der Waals surface area contributed by atoms with Crippen LogP contribution >= 0.6 is 11.6 Å². The van der Waals surface area contributed by atoms with E-state index in [-0.39, 0.29) is 11.8 Å². The number of anilines is 2. The summed E-state index contributed by atoms with van der Waals surface area (Å²) in [5.41, 5.74) is 7.59. The first kappa shape index (κ1) is 35.4. The molecule has 51 heavy (non-hydrogen) atoms. The van der Waals surface area contributed by atoms with E-state index in [1.165, 1.54) is 25.7 Å². The number of halogens is 1. The highest BCUT2D eigenvalue weighted by molar-refractivity contribution is 6.36. The van der Waals surface area contributed by atoms with Gasteiger partial charge in [0.25, 0.3) is 11.8 Å². The zero-order valence-corrected chi connectivity index (χ0v) is 31.1. The molecule has 0 radical (unpaired) electrons. The summed E-state index contributed by atoms with van der Waals surface area (Å²) in [5, 5.41) is 16.3. The van der Waals surface area contributed by atoms with Crippen molar-refractivity contribution in [3.63, 3.8) is 0 Å². The van der Waals surface area contributed by atoms with Gasteiger partial charge in [0.15, 0.2) is 11.6 Å². The van der Waals surface area contributed by atoms with Crippen LogP contribution in [-0.4, -0.2) is 77.6 Å². The minimum atomic E-state index is -0.425. The summed E-state index contributed by atoms with van der Waals surface area (Å²) in [6.45, 7) is 9.82. The van der Waals surface area contributed by atoms with Gasteiger partial charge in [-0.15, -0.1) is 0 Å². The second-order valence-electron chi connectivity index (χ2n) is 14.8. The van der Waals surface area contributed by atoms with Crippen LogP contribution < -0.4 is 10.6 Å². The number of aliphatic hydroxyl groups excluding tert-OH is 1. The standard InChI is InChI=1S/C39H49ClN8O3/c1-23-12-14-26(15-13-23)48-19-17-34-32(22-48)42-37(46(34)5)39(51)44-30-11-7-9-28(35(30)40)27-8-6-10-29(25(27)3)43-38(50)36-41-31-21-47(20-24(2)49)18-16-33(31)45(36)4/h6-11,23-24,26,49H,12-22H2,1-5H3,(H,43,50)(H,44,51)/t23?,24-,26?/m0/s1. The lowest BCUT2D eigenvalue weighted by molar-refractivity contribution is 0.100. The Balaban J connectivity index is 1.06. The summed E-state index contributed by atoms with van der Waals surface area (Å²) >= 11 is 7.01. The van der Waals surface area contributed by atoms with E-state index in [0.29, 0.717) is 47.2 Å². The molecule has 1 saturated carbocycles. The molecule has 2 amide bonds. The van der Waals surface area contributed by atoms with Gasteiger partial charge >= 0.3 is 0 Å². The molecule has 7 rings (SSSR count). The van der Waals surface area contributed by atoms with Crippen LogP contribution in [0, 0.1) is 12.8 Å². The van der Waals surface area contributed by atoms with Crippen molar-refractivity contribution in [1.29, 1.82) is 0 Å². The average Bonchev–Trinajstić information content (AvgIpc) is 3.62. The lowest BCUT2D eigenvalue weighted by atomic mass is 9.86. The molecule has 0 saturated heterocycles. The first-order valence-electron chi connectivity index (χ1n) is 18.2. The highest BCUT2D eigenvalue weighted by atomic mass is 35.5. The van der Waals surface area contributed by atoms with Gasteiger partial charge in [0.05, 0.1) is 28.2 Å². The van der Waals surface area contributed by atoms with E-state index >= 15 is 0 Å². The number of nitrogens with one attached hydrogen (secondary N) is 2. The van der Waals surface area contributed by atoms with Crippen molar-refractivity contribution in [2.45, 2.75) is 84.5 Å². The molecule has 2 aromatic carbocycles. The molecule has 4 heterocycles. The third kappa shape index (κ3) is 7.09. The highest BCUT2D eigenvalue weighted by Gasteiger charge is 2.31. The zero-order chi connectivity index (χ0) is 36.0. The van der Waals surface area contributed by atoms with Crippen LogP contribution in [0.5, 0.6) is 0 Å². The highest BCUT2D eigenvalue weighted by Crippen LogP contribution is 2.38. The van der Waals surface area contributed by atoms with Crippen LogP contribution in [0.15, 0.2) is 36.4 Å². The van der Waals surface area contributed by atoms with Crippen molar-refractivity contribution in [3.05, 3.63) is 81.4 Å². The Bertz CT molecular complexity index is 1960. The molecule has 1 atom stereocenters. The molecule has 270 valence electrons. The van der Waals surface area contributed by atoms with Crippen molar-refractivity contribution < 1.29 is 14.7 Å². The predicted molar refractivity (Wildman–Crippen MR) is 200 cm³/mol. The zero-order valence-electron chi connectivity index (χ0n) is 30.3. The van der Waals surface area contributed by atoms with Gasteiger partial charge in [-0.2, -0.15) is 0 Å². The van der Waals surface area contributed by atoms with Crippen molar-refractivity contribution in [2.75, 3.05) is 30.3 Å². The molecule has 1 aliphatic carbocycles. The molecule has 0 spiro atoms. The Morgan fingerprint density at radius 2 is 1.43 bits per heavy atom. The number of aliphatic hydroxyl groups is 1. The lowest BCUT2D eigenvalue weighted by Crippen LogP contribution is -2.41. The number of β-amino-alcohol motifs (C(OH)–C–C–N with tert-alkyl or cyclic N) is 1. The van der Waals surface area contributed by atoms with Gasteiger partial charge in [0, 0.05) is 88.3 Å². The number of hydrogen-bond donors (Lipinski definition) is 3. The molecule has 3 aliphatic rings. The fraction of sp³-hybridized carbons (Fsp3) is 0.487. The van der Waals surface area contributed by atoms with Gasteiger partial charge in [0.1, 0.15) is 0 Å². The molecule has 12 heteroatoms. The number of aromatic nitrogens is 4. The Morgan fingerprint density at radius 1 is 0.863 bits per heavy atom. The Kier molecular flexibility index (Phi) is 10.1. The van der Waals surface area contributed by atoms with Crippen LogP contribution in [0.3, 0.4) is 0 Å². The van der Waals surface area contributed by atoms with Gasteiger partial charge in [-0.3, -0.25) is 19.4 Å². The largest absolute Gasteiger partial charge is 0.392 e. The van der Waals surface area contributed by atoms with Crippen LogP contribution in [0.1, 0.15) is 89.1 Å². The number of imidazole rings is 2. The second-order valence-corrected chi connectivity index (χ2v) is 15.2. The van der Waals surface area contributed by atoms with E-state index in [1.807, 2.05) is 60.5 Å². The van der Waals surface area contributed by atoms with Crippen LogP contribution in [0.4, 0.5) is 11.4 Å². The molecular weight excluding hydrogens is 664 g/mol. The quantitative estimate of drug-likeness (QED) is 0.206. The van der Waals surface area contributed by atoms with Crippen LogP contribution in [-0.2, 0) is 40.0 Å². The molecule has 1 fully saturated rings. The number of carbonyl (C=O) groups excluding carboxylic acids is 2. The minimum Gasteiger partial charge on any atom is -0.392 e. The SMILES string of the molecule is Cc1c(NC(=O)c2nc3c(n2C)CCN(C[C@H](C)O)C3)cccc1-c1cccc(NC(=O)c2nc3c(n2C)CCN(C2CCC(C)CC2)C3)c1Cl. The molecule has 2 aromatic heterocycles. The number of amides is 2. The molecule has 0 bridgehead atoms. The van der Waals surface area contributed by atoms with Gasteiger partial charge < -0.3 is 24.9 Å². The minimum absolute atomic E-state index is 0.296. The van der Waals surface area contributed by atoms with Crippen LogP contribution in [0.2, 0.25) is 5.02 Å². The Hall–Kier alpha value is -4.03. The third-order valence-corrected chi connectivity index (χ3v) is 11.6. The summed E-state index contributed by atoms with van der Waals surface area (Å²) < 4.78 is 3.81. The maximum atomic E-state index is 13.7. The van der Waals surface area contributed by atoms with Gasteiger partial charge in [0.2, 0.25) is 0 Å². The Morgan fingerprint density at radius 3 is 2.08 bits per heavy atom. The van der Waals surface area contributed by atoms with Gasteiger partial charge in [-0.05, 0) is 68.7 Å². The summed E-state index contributed by atoms with van der Waals surface area (Å²) in [7, 11) is 3.80. The topological polar surface area (TPSA) is 121 Å². The van der Waals surface area contributed by atoms with Crippen molar-refractivity contribution in [1.82, 2.24) is 28.9 Å². The number of benzene rings is 2. The summed E-state index contributed by atoms with van der Waals surface area (Å²) in [6.07, 6.45) is 6.24. The lowest BCUT2D eigenvalue weighted by Gasteiger charge is -2.38.